The Labute approximate surface area is 110 Å². The van der Waals surface area contributed by atoms with Gasteiger partial charge in [-0.05, 0) is 6.92 Å². The highest BCUT2D eigenvalue weighted by molar-refractivity contribution is 5.98. The van der Waals surface area contributed by atoms with Gasteiger partial charge in [-0.25, -0.2) is 4.79 Å². The van der Waals surface area contributed by atoms with Crippen LogP contribution in [0.5, 0.6) is 23.0 Å². The lowest BCUT2D eigenvalue weighted by atomic mass is 9.96. The zero-order valence-electron chi connectivity index (χ0n) is 10.9. The van der Waals surface area contributed by atoms with Crippen molar-refractivity contribution in [2.75, 3.05) is 21.0 Å². The molecular formula is C13H14O6. The molecule has 0 saturated heterocycles. The molecule has 0 saturated carbocycles. The van der Waals surface area contributed by atoms with E-state index in [9.17, 15) is 4.79 Å². The average molecular weight is 266 g/mol. The normalized spacial score (nSPS) is 19.7. The minimum Gasteiger partial charge on any atom is -0.492 e. The Balaban J connectivity index is 2.32. The van der Waals surface area contributed by atoms with Crippen LogP contribution in [0.4, 0.5) is 0 Å². The van der Waals surface area contributed by atoms with Gasteiger partial charge < -0.3 is 23.7 Å². The Bertz CT molecular complexity index is 551. The van der Waals surface area contributed by atoms with E-state index < -0.39 is 5.97 Å². The van der Waals surface area contributed by atoms with Crippen LogP contribution in [-0.2, 0) is 11.2 Å². The van der Waals surface area contributed by atoms with Gasteiger partial charge in [0.2, 0.25) is 18.3 Å². The van der Waals surface area contributed by atoms with Gasteiger partial charge in [-0.3, -0.25) is 0 Å². The van der Waals surface area contributed by atoms with Gasteiger partial charge in [-0.2, -0.15) is 0 Å². The Kier molecular flexibility index (Phi) is 2.66. The number of hydrogen-bond donors (Lipinski definition) is 0. The third-order valence-electron chi connectivity index (χ3n) is 3.24. The Morgan fingerprint density at radius 3 is 2.47 bits per heavy atom. The molecule has 0 spiro atoms. The van der Waals surface area contributed by atoms with E-state index in [1.54, 1.807) is 0 Å². The van der Waals surface area contributed by atoms with Gasteiger partial charge in [0.25, 0.3) is 0 Å². The van der Waals surface area contributed by atoms with Crippen molar-refractivity contribution in [2.24, 2.45) is 0 Å². The lowest BCUT2D eigenvalue weighted by Crippen LogP contribution is -2.26. The zero-order valence-corrected chi connectivity index (χ0v) is 10.9. The van der Waals surface area contributed by atoms with Crippen molar-refractivity contribution < 1.29 is 28.5 Å². The van der Waals surface area contributed by atoms with E-state index in [0.29, 0.717) is 35.0 Å². The summed E-state index contributed by atoms with van der Waals surface area (Å²) in [4.78, 5) is 12.1. The van der Waals surface area contributed by atoms with Crippen LogP contribution in [0.2, 0.25) is 0 Å². The fourth-order valence-electron chi connectivity index (χ4n) is 2.51. The maximum atomic E-state index is 12.1. The molecule has 6 heteroatoms. The van der Waals surface area contributed by atoms with Crippen LogP contribution >= 0.6 is 0 Å². The molecule has 0 aromatic heterocycles. The minimum absolute atomic E-state index is 0.0497. The maximum Gasteiger partial charge on any atom is 0.342 e. The Hall–Kier alpha value is -2.11. The van der Waals surface area contributed by atoms with Crippen molar-refractivity contribution in [3.05, 3.63) is 11.1 Å². The van der Waals surface area contributed by atoms with Crippen molar-refractivity contribution in [3.63, 3.8) is 0 Å². The van der Waals surface area contributed by atoms with Crippen molar-refractivity contribution in [3.8, 4) is 23.0 Å². The zero-order chi connectivity index (χ0) is 13.6. The van der Waals surface area contributed by atoms with E-state index in [-0.39, 0.29) is 12.9 Å². The van der Waals surface area contributed by atoms with Crippen LogP contribution in [-0.4, -0.2) is 33.1 Å². The fourth-order valence-corrected chi connectivity index (χ4v) is 2.51. The van der Waals surface area contributed by atoms with Crippen molar-refractivity contribution in [2.45, 2.75) is 19.4 Å². The number of rotatable bonds is 2. The smallest absolute Gasteiger partial charge is 0.342 e. The number of benzene rings is 1. The van der Waals surface area contributed by atoms with Crippen molar-refractivity contribution >= 4 is 5.97 Å². The van der Waals surface area contributed by atoms with E-state index in [4.69, 9.17) is 23.7 Å². The molecule has 19 heavy (non-hydrogen) atoms. The van der Waals surface area contributed by atoms with E-state index >= 15 is 0 Å². The molecule has 1 unspecified atom stereocenters. The van der Waals surface area contributed by atoms with Gasteiger partial charge in [-0.15, -0.1) is 0 Å². The molecule has 0 N–H and O–H groups in total. The van der Waals surface area contributed by atoms with E-state index in [1.807, 2.05) is 6.92 Å². The maximum absolute atomic E-state index is 12.1. The monoisotopic (exact) mass is 266 g/mol. The summed E-state index contributed by atoms with van der Waals surface area (Å²) < 4.78 is 26.7. The third kappa shape index (κ3) is 1.59. The molecule has 3 rings (SSSR count). The van der Waals surface area contributed by atoms with Crippen LogP contribution in [0, 0.1) is 0 Å². The first-order chi connectivity index (χ1) is 9.17. The molecule has 1 atom stereocenters. The second-order valence-electron chi connectivity index (χ2n) is 4.40. The SMILES string of the molecule is COc1c2c(c3c(c1OC)OCO3)C(=O)OC(C)C2. The van der Waals surface area contributed by atoms with Gasteiger partial charge >= 0.3 is 5.97 Å². The molecule has 2 heterocycles. The van der Waals surface area contributed by atoms with Crippen LogP contribution < -0.4 is 18.9 Å². The predicted molar refractivity (Wildman–Crippen MR) is 64.3 cm³/mol. The number of esters is 1. The first kappa shape index (κ1) is 12.0. The summed E-state index contributed by atoms with van der Waals surface area (Å²) >= 11 is 0. The van der Waals surface area contributed by atoms with Gasteiger partial charge in [0.15, 0.2) is 11.5 Å². The lowest BCUT2D eigenvalue weighted by molar-refractivity contribution is 0.0293. The molecule has 2 aliphatic heterocycles. The van der Waals surface area contributed by atoms with Gasteiger partial charge in [-0.1, -0.05) is 0 Å². The van der Waals surface area contributed by atoms with Crippen LogP contribution in [0.1, 0.15) is 22.8 Å². The first-order valence-corrected chi connectivity index (χ1v) is 5.94. The van der Waals surface area contributed by atoms with E-state index in [1.165, 1.54) is 14.2 Å². The predicted octanol–water partition coefficient (Wildman–Crippen LogP) is 1.53. The first-order valence-electron chi connectivity index (χ1n) is 5.94. The topological polar surface area (TPSA) is 63.2 Å². The van der Waals surface area contributed by atoms with E-state index in [0.717, 1.165) is 5.56 Å². The third-order valence-corrected chi connectivity index (χ3v) is 3.24. The summed E-state index contributed by atoms with van der Waals surface area (Å²) in [5, 5.41) is 0. The summed E-state index contributed by atoms with van der Waals surface area (Å²) in [6.07, 6.45) is 0.344. The van der Waals surface area contributed by atoms with Gasteiger partial charge in [0.05, 0.1) is 14.2 Å². The summed E-state index contributed by atoms with van der Waals surface area (Å²) in [7, 11) is 3.06. The molecule has 0 radical (unpaired) electrons. The molecule has 6 nitrogen and oxygen atoms in total. The number of carbonyl (C=O) groups excluding carboxylic acids is 1. The number of ether oxygens (including phenoxy) is 5. The summed E-state index contributed by atoms with van der Waals surface area (Å²) in [5.74, 6) is 1.31. The van der Waals surface area contributed by atoms with Gasteiger partial charge in [0, 0.05) is 12.0 Å². The standard InChI is InChI=1S/C13H14O6/c1-6-4-7-8(13(14)19-6)10-12(18-5-17-10)11(16-3)9(7)15-2/h6H,4-5H2,1-3H3. The largest absolute Gasteiger partial charge is 0.492 e. The number of fused-ring (bicyclic) bond motifs is 3. The average Bonchev–Trinajstić information content (AvgIpc) is 2.84. The lowest BCUT2D eigenvalue weighted by Gasteiger charge is -2.25. The van der Waals surface area contributed by atoms with Crippen LogP contribution in [0.3, 0.4) is 0 Å². The van der Waals surface area contributed by atoms with Crippen molar-refractivity contribution in [1.82, 2.24) is 0 Å². The number of hydrogen-bond acceptors (Lipinski definition) is 6. The van der Waals surface area contributed by atoms with Crippen molar-refractivity contribution in [1.29, 1.82) is 0 Å². The number of cyclic esters (lactones) is 1. The molecular weight excluding hydrogens is 252 g/mol. The number of carbonyl (C=O) groups is 1. The molecule has 102 valence electrons. The molecule has 2 aliphatic rings. The summed E-state index contributed by atoms with van der Waals surface area (Å²) in [6.45, 7) is 1.88. The minimum atomic E-state index is -0.420. The highest BCUT2D eigenvalue weighted by Crippen LogP contribution is 2.53. The second-order valence-corrected chi connectivity index (χ2v) is 4.40. The molecule has 0 amide bonds. The Morgan fingerprint density at radius 2 is 1.79 bits per heavy atom. The quantitative estimate of drug-likeness (QED) is 0.756. The highest BCUT2D eigenvalue weighted by atomic mass is 16.7. The van der Waals surface area contributed by atoms with E-state index in [2.05, 4.69) is 0 Å². The molecule has 0 aliphatic carbocycles. The van der Waals surface area contributed by atoms with Crippen LogP contribution in [0.15, 0.2) is 0 Å². The summed E-state index contributed by atoms with van der Waals surface area (Å²) in [5.41, 5.74) is 1.12. The molecule has 0 bridgehead atoms. The number of methoxy groups -OCH3 is 2. The molecule has 1 aromatic rings. The van der Waals surface area contributed by atoms with Crippen LogP contribution in [0.25, 0.3) is 0 Å². The van der Waals surface area contributed by atoms with Gasteiger partial charge in [0.1, 0.15) is 11.7 Å². The summed E-state index contributed by atoms with van der Waals surface area (Å²) in [6, 6.07) is 0. The second kappa shape index (κ2) is 4.22. The molecule has 0 fully saturated rings. The molecule has 1 aromatic carbocycles. The highest BCUT2D eigenvalue weighted by Gasteiger charge is 2.38. The fraction of sp³-hybridized carbons (Fsp3) is 0.462. The Morgan fingerprint density at radius 1 is 1.11 bits per heavy atom.